The molecule has 0 saturated carbocycles. The highest BCUT2D eigenvalue weighted by molar-refractivity contribution is 7.15. The van der Waals surface area contributed by atoms with Gasteiger partial charge in [-0.05, 0) is 37.8 Å². The summed E-state index contributed by atoms with van der Waals surface area (Å²) in [5.41, 5.74) is 8.40. The monoisotopic (exact) mass is 262 g/mol. The van der Waals surface area contributed by atoms with Crippen LogP contribution in [0.5, 0.6) is 0 Å². The first kappa shape index (κ1) is 11.8. The second kappa shape index (κ2) is 4.44. The molecule has 1 aliphatic rings. The van der Waals surface area contributed by atoms with Crippen LogP contribution in [0.25, 0.3) is 10.6 Å². The van der Waals surface area contributed by atoms with Crippen LogP contribution in [-0.2, 0) is 6.42 Å². The maximum Gasteiger partial charge on any atom is 0.136 e. The molecule has 0 fully saturated rings. The molecule has 0 bridgehead atoms. The van der Waals surface area contributed by atoms with E-state index in [1.807, 2.05) is 6.07 Å². The minimum Gasteiger partial charge on any atom is -0.323 e. The molecule has 1 aromatic heterocycles. The van der Waals surface area contributed by atoms with Crippen LogP contribution in [0.1, 0.15) is 35.0 Å². The van der Waals surface area contributed by atoms with Crippen LogP contribution in [0.4, 0.5) is 4.39 Å². The topological polar surface area (TPSA) is 38.9 Å². The van der Waals surface area contributed by atoms with Crippen molar-refractivity contribution in [3.63, 3.8) is 0 Å². The number of aryl methyl sites for hydroxylation is 2. The van der Waals surface area contributed by atoms with Crippen LogP contribution in [0, 0.1) is 12.7 Å². The largest absolute Gasteiger partial charge is 0.323 e. The molecule has 0 spiro atoms. The lowest BCUT2D eigenvalue weighted by Gasteiger charge is -2.15. The summed E-state index contributed by atoms with van der Waals surface area (Å²) in [5, 5.41) is 0.763. The lowest BCUT2D eigenvalue weighted by Crippen LogP contribution is -2.15. The Morgan fingerprint density at radius 1 is 1.44 bits per heavy atom. The Kier molecular flexibility index (Phi) is 2.92. The Bertz CT molecular complexity index is 591. The molecule has 0 saturated heterocycles. The number of hydrogen-bond donors (Lipinski definition) is 1. The number of thiazole rings is 1. The molecule has 4 heteroatoms. The van der Waals surface area contributed by atoms with E-state index in [4.69, 9.17) is 5.73 Å². The molecule has 2 nitrogen and oxygen atoms in total. The summed E-state index contributed by atoms with van der Waals surface area (Å²) in [4.78, 5) is 5.71. The van der Waals surface area contributed by atoms with E-state index in [9.17, 15) is 4.39 Å². The molecule has 0 amide bonds. The highest BCUT2D eigenvalue weighted by Crippen LogP contribution is 2.37. The van der Waals surface area contributed by atoms with Crippen molar-refractivity contribution in [2.75, 3.05) is 0 Å². The van der Waals surface area contributed by atoms with Crippen LogP contribution in [0.15, 0.2) is 18.2 Å². The van der Waals surface area contributed by atoms with Crippen molar-refractivity contribution in [1.29, 1.82) is 0 Å². The van der Waals surface area contributed by atoms with E-state index < -0.39 is 0 Å². The normalized spacial score (nSPS) is 18.7. The predicted octanol–water partition coefficient (Wildman–Crippen LogP) is 3.59. The molecule has 18 heavy (non-hydrogen) atoms. The van der Waals surface area contributed by atoms with Gasteiger partial charge in [-0.15, -0.1) is 11.3 Å². The van der Waals surface area contributed by atoms with E-state index in [1.54, 1.807) is 30.4 Å². The minimum atomic E-state index is -0.169. The van der Waals surface area contributed by atoms with Gasteiger partial charge in [0.2, 0.25) is 0 Å². The third-order valence-electron chi connectivity index (χ3n) is 3.42. The van der Waals surface area contributed by atoms with E-state index in [2.05, 4.69) is 4.98 Å². The van der Waals surface area contributed by atoms with Gasteiger partial charge < -0.3 is 5.73 Å². The molecule has 2 N–H and O–H groups in total. The van der Waals surface area contributed by atoms with Crippen molar-refractivity contribution in [3.05, 3.63) is 40.2 Å². The van der Waals surface area contributed by atoms with Crippen molar-refractivity contribution in [2.24, 2.45) is 5.73 Å². The summed E-state index contributed by atoms with van der Waals surface area (Å²) in [5.74, 6) is -0.169. The first-order chi connectivity index (χ1) is 8.66. The smallest absolute Gasteiger partial charge is 0.136 e. The third kappa shape index (κ3) is 1.85. The van der Waals surface area contributed by atoms with Crippen molar-refractivity contribution in [1.82, 2.24) is 4.98 Å². The summed E-state index contributed by atoms with van der Waals surface area (Å²) < 4.78 is 14.1. The minimum absolute atomic E-state index is 0.0767. The number of hydrogen-bond acceptors (Lipinski definition) is 3. The van der Waals surface area contributed by atoms with Crippen LogP contribution >= 0.6 is 11.3 Å². The van der Waals surface area contributed by atoms with E-state index in [0.717, 1.165) is 34.8 Å². The van der Waals surface area contributed by atoms with Crippen LogP contribution in [-0.4, -0.2) is 4.98 Å². The van der Waals surface area contributed by atoms with E-state index in [1.165, 1.54) is 0 Å². The molecule has 2 aromatic rings. The number of nitrogens with zero attached hydrogens (tertiary/aromatic N) is 1. The maximum atomic E-state index is 14.1. The number of halogens is 1. The SMILES string of the molecule is Cc1cccc(-c2nc3c(s2)C(N)CCC3)c1F. The average Bonchev–Trinajstić information content (AvgIpc) is 2.78. The molecular weight excluding hydrogens is 247 g/mol. The molecule has 1 unspecified atom stereocenters. The molecule has 1 atom stereocenters. The third-order valence-corrected chi connectivity index (χ3v) is 4.68. The fraction of sp³-hybridized carbons (Fsp3) is 0.357. The van der Waals surface area contributed by atoms with Crippen LogP contribution < -0.4 is 5.73 Å². The van der Waals surface area contributed by atoms with Gasteiger partial charge in [-0.25, -0.2) is 9.37 Å². The summed E-state index contributed by atoms with van der Waals surface area (Å²) in [6, 6.07) is 5.51. The summed E-state index contributed by atoms with van der Waals surface area (Å²) >= 11 is 1.54. The van der Waals surface area contributed by atoms with Gasteiger partial charge in [-0.3, -0.25) is 0 Å². The predicted molar refractivity (Wildman–Crippen MR) is 72.1 cm³/mol. The highest BCUT2D eigenvalue weighted by atomic mass is 32.1. The molecular formula is C14H15FN2S. The maximum absolute atomic E-state index is 14.1. The zero-order valence-corrected chi connectivity index (χ0v) is 11.1. The lowest BCUT2D eigenvalue weighted by atomic mass is 9.99. The number of benzene rings is 1. The van der Waals surface area contributed by atoms with E-state index >= 15 is 0 Å². The molecule has 0 radical (unpaired) electrons. The quantitative estimate of drug-likeness (QED) is 0.853. The molecule has 3 rings (SSSR count). The first-order valence-electron chi connectivity index (χ1n) is 6.17. The van der Waals surface area contributed by atoms with Crippen LogP contribution in [0.3, 0.4) is 0 Å². The molecule has 1 heterocycles. The standard InChI is InChI=1S/C14H15FN2S/c1-8-4-2-5-9(12(8)15)14-17-11-7-3-6-10(16)13(11)18-14/h2,4-5,10H,3,6-7,16H2,1H3. The molecule has 1 aromatic carbocycles. The zero-order valence-electron chi connectivity index (χ0n) is 10.2. The van der Waals surface area contributed by atoms with E-state index in [-0.39, 0.29) is 11.9 Å². The molecule has 94 valence electrons. The Balaban J connectivity index is 2.10. The Morgan fingerprint density at radius 2 is 2.28 bits per heavy atom. The van der Waals surface area contributed by atoms with Gasteiger partial charge in [0, 0.05) is 16.5 Å². The number of rotatable bonds is 1. The summed E-state index contributed by atoms with van der Waals surface area (Å²) in [6.07, 6.45) is 3.05. The van der Waals surface area contributed by atoms with Gasteiger partial charge in [-0.2, -0.15) is 0 Å². The fourth-order valence-corrected chi connectivity index (χ4v) is 3.55. The average molecular weight is 262 g/mol. The molecule has 1 aliphatic carbocycles. The Labute approximate surface area is 110 Å². The first-order valence-corrected chi connectivity index (χ1v) is 6.99. The number of fused-ring (bicyclic) bond motifs is 1. The second-order valence-electron chi connectivity index (χ2n) is 4.77. The Morgan fingerprint density at radius 3 is 3.06 bits per heavy atom. The van der Waals surface area contributed by atoms with Gasteiger partial charge in [0.05, 0.1) is 5.69 Å². The fourth-order valence-electron chi connectivity index (χ4n) is 2.38. The Hall–Kier alpha value is -1.26. The van der Waals surface area contributed by atoms with E-state index in [0.29, 0.717) is 11.1 Å². The lowest BCUT2D eigenvalue weighted by molar-refractivity contribution is 0.573. The highest BCUT2D eigenvalue weighted by Gasteiger charge is 2.23. The van der Waals surface area contributed by atoms with Crippen molar-refractivity contribution in [3.8, 4) is 10.6 Å². The van der Waals surface area contributed by atoms with Gasteiger partial charge in [0.15, 0.2) is 0 Å². The number of nitrogens with two attached hydrogens (primary N) is 1. The summed E-state index contributed by atoms with van der Waals surface area (Å²) in [6.45, 7) is 1.78. The van der Waals surface area contributed by atoms with Crippen molar-refractivity contribution < 1.29 is 4.39 Å². The van der Waals surface area contributed by atoms with Crippen molar-refractivity contribution in [2.45, 2.75) is 32.2 Å². The molecule has 0 aliphatic heterocycles. The van der Waals surface area contributed by atoms with Gasteiger partial charge in [0.25, 0.3) is 0 Å². The second-order valence-corrected chi connectivity index (χ2v) is 5.80. The van der Waals surface area contributed by atoms with Crippen LogP contribution in [0.2, 0.25) is 0 Å². The van der Waals surface area contributed by atoms with Gasteiger partial charge in [0.1, 0.15) is 10.8 Å². The van der Waals surface area contributed by atoms with Crippen molar-refractivity contribution >= 4 is 11.3 Å². The number of aromatic nitrogens is 1. The zero-order chi connectivity index (χ0) is 12.7. The summed E-state index contributed by atoms with van der Waals surface area (Å²) in [7, 11) is 0. The van der Waals surface area contributed by atoms with Gasteiger partial charge in [-0.1, -0.05) is 12.1 Å². The van der Waals surface area contributed by atoms with Gasteiger partial charge >= 0.3 is 0 Å².